The molecule has 1 amide bonds. The normalized spacial score (nSPS) is 13.9. The van der Waals surface area contributed by atoms with E-state index in [1.807, 2.05) is 13.8 Å². The molecule has 4 rings (SSSR count). The Hall–Kier alpha value is -3.71. The van der Waals surface area contributed by atoms with Crippen molar-refractivity contribution in [3.8, 4) is 17.7 Å². The van der Waals surface area contributed by atoms with Crippen molar-refractivity contribution >= 4 is 33.6 Å². The molecule has 1 aliphatic heterocycles. The molecule has 2 aromatic heterocycles. The summed E-state index contributed by atoms with van der Waals surface area (Å²) in [5.41, 5.74) is 8.15. The van der Waals surface area contributed by atoms with Gasteiger partial charge >= 0.3 is 0 Å². The molecule has 0 saturated carbocycles. The molecule has 0 atom stereocenters. The van der Waals surface area contributed by atoms with Crippen molar-refractivity contribution in [1.82, 2.24) is 15.0 Å². The molecular formula is C24H24BrN7O2. The Morgan fingerprint density at radius 2 is 1.94 bits per heavy atom. The van der Waals surface area contributed by atoms with Gasteiger partial charge in [-0.25, -0.2) is 9.97 Å². The van der Waals surface area contributed by atoms with E-state index < -0.39 is 5.91 Å². The standard InChI is InChI=1S/C24H24BrN7O2/c1-14-9-16(12-26)10-15(2)21(14)34-23-19(25)13-29-24(31-23)30-18-4-7-32(8-5-18)20-11-17(22(27)33)3-6-28-20/h3,6,9-11,13,18H,4-5,7-8H2,1-2H3,(H2,27,33)(H,29,30,31). The van der Waals surface area contributed by atoms with Crippen LogP contribution in [0.5, 0.6) is 11.6 Å². The summed E-state index contributed by atoms with van der Waals surface area (Å²) in [6, 6.07) is 9.27. The first-order chi connectivity index (χ1) is 16.3. The number of hydrogen-bond donors (Lipinski definition) is 2. The molecule has 10 heteroatoms. The van der Waals surface area contributed by atoms with Crippen LogP contribution in [0.15, 0.2) is 41.1 Å². The number of hydrogen-bond acceptors (Lipinski definition) is 8. The number of nitriles is 1. The number of pyridine rings is 1. The number of anilines is 2. The second-order valence-electron chi connectivity index (χ2n) is 8.17. The van der Waals surface area contributed by atoms with Crippen molar-refractivity contribution in [2.75, 3.05) is 23.3 Å². The first-order valence-electron chi connectivity index (χ1n) is 10.8. The molecule has 3 aromatic rings. The van der Waals surface area contributed by atoms with Gasteiger partial charge in [-0.2, -0.15) is 10.2 Å². The number of nitrogens with one attached hydrogen (secondary N) is 1. The lowest BCUT2D eigenvalue weighted by Crippen LogP contribution is -2.39. The SMILES string of the molecule is Cc1cc(C#N)cc(C)c1Oc1nc(NC2CCN(c3cc(C(N)=O)ccn3)CC2)ncc1Br. The predicted octanol–water partition coefficient (Wildman–Crippen LogP) is 4.09. The number of halogens is 1. The van der Waals surface area contributed by atoms with Crippen molar-refractivity contribution in [3.05, 3.63) is 63.4 Å². The average Bonchev–Trinajstić information content (AvgIpc) is 2.83. The molecule has 0 spiro atoms. The molecule has 1 saturated heterocycles. The molecule has 3 N–H and O–H groups in total. The van der Waals surface area contributed by atoms with Gasteiger partial charge in [-0.1, -0.05) is 0 Å². The number of aryl methyl sites for hydroxylation is 2. The number of carbonyl (C=O) groups excluding carboxylic acids is 1. The molecule has 1 aliphatic rings. The Bertz CT molecular complexity index is 1240. The zero-order chi connectivity index (χ0) is 24.2. The summed E-state index contributed by atoms with van der Waals surface area (Å²) in [6.07, 6.45) is 4.97. The van der Waals surface area contributed by atoms with E-state index in [2.05, 4.69) is 47.2 Å². The maximum atomic E-state index is 11.4. The van der Waals surface area contributed by atoms with E-state index in [1.54, 1.807) is 36.7 Å². The van der Waals surface area contributed by atoms with E-state index in [1.165, 1.54) is 0 Å². The summed E-state index contributed by atoms with van der Waals surface area (Å²) >= 11 is 3.46. The Kier molecular flexibility index (Phi) is 6.93. The number of rotatable bonds is 6. The van der Waals surface area contributed by atoms with Crippen LogP contribution in [0.3, 0.4) is 0 Å². The summed E-state index contributed by atoms with van der Waals surface area (Å²) in [7, 11) is 0. The third kappa shape index (κ3) is 5.26. The van der Waals surface area contributed by atoms with E-state index in [9.17, 15) is 4.79 Å². The lowest BCUT2D eigenvalue weighted by Gasteiger charge is -2.33. The topological polar surface area (TPSA) is 130 Å². The van der Waals surface area contributed by atoms with Gasteiger partial charge in [0.2, 0.25) is 17.7 Å². The third-order valence-corrected chi connectivity index (χ3v) is 6.23. The highest BCUT2D eigenvalue weighted by molar-refractivity contribution is 9.10. The zero-order valence-corrected chi connectivity index (χ0v) is 20.5. The number of benzene rings is 1. The quantitative estimate of drug-likeness (QED) is 0.495. The molecule has 0 bridgehead atoms. The highest BCUT2D eigenvalue weighted by Gasteiger charge is 2.22. The number of nitrogens with two attached hydrogens (primary N) is 1. The van der Waals surface area contributed by atoms with Gasteiger partial charge in [0.15, 0.2) is 0 Å². The minimum atomic E-state index is -0.461. The van der Waals surface area contributed by atoms with E-state index in [0.29, 0.717) is 33.2 Å². The van der Waals surface area contributed by atoms with Crippen LogP contribution in [0.4, 0.5) is 11.8 Å². The number of piperidine rings is 1. The maximum absolute atomic E-state index is 11.4. The van der Waals surface area contributed by atoms with E-state index in [4.69, 9.17) is 15.7 Å². The number of carbonyl (C=O) groups is 1. The van der Waals surface area contributed by atoms with Crippen LogP contribution in [-0.4, -0.2) is 40.0 Å². The summed E-state index contributed by atoms with van der Waals surface area (Å²) in [5.74, 6) is 1.84. The van der Waals surface area contributed by atoms with E-state index >= 15 is 0 Å². The highest BCUT2D eigenvalue weighted by Crippen LogP contribution is 2.33. The van der Waals surface area contributed by atoms with Gasteiger partial charge in [0, 0.05) is 30.9 Å². The van der Waals surface area contributed by atoms with E-state index in [-0.39, 0.29) is 6.04 Å². The first-order valence-corrected chi connectivity index (χ1v) is 11.6. The van der Waals surface area contributed by atoms with Crippen LogP contribution >= 0.6 is 15.9 Å². The van der Waals surface area contributed by atoms with Crippen LogP contribution in [0, 0.1) is 25.2 Å². The summed E-state index contributed by atoms with van der Waals surface area (Å²) in [5, 5.41) is 12.6. The molecule has 0 aliphatic carbocycles. The molecule has 1 aromatic carbocycles. The fourth-order valence-electron chi connectivity index (χ4n) is 3.95. The summed E-state index contributed by atoms with van der Waals surface area (Å²) in [4.78, 5) is 26.9. The molecule has 9 nitrogen and oxygen atoms in total. The number of aromatic nitrogens is 3. The lowest BCUT2D eigenvalue weighted by molar-refractivity contribution is 0.1000. The highest BCUT2D eigenvalue weighted by atomic mass is 79.9. The minimum absolute atomic E-state index is 0.183. The number of nitrogens with zero attached hydrogens (tertiary/aromatic N) is 5. The fourth-order valence-corrected chi connectivity index (χ4v) is 4.22. The van der Waals surface area contributed by atoms with Crippen molar-refractivity contribution in [3.63, 3.8) is 0 Å². The number of ether oxygens (including phenoxy) is 1. The second kappa shape index (κ2) is 10.1. The van der Waals surface area contributed by atoms with Gasteiger partial charge < -0.3 is 20.7 Å². The van der Waals surface area contributed by atoms with E-state index in [0.717, 1.165) is 42.9 Å². The third-order valence-electron chi connectivity index (χ3n) is 5.68. The molecule has 0 unspecified atom stereocenters. The van der Waals surface area contributed by atoms with Gasteiger partial charge in [-0.3, -0.25) is 4.79 Å². The average molecular weight is 522 g/mol. The van der Waals surface area contributed by atoms with Crippen LogP contribution in [0.1, 0.15) is 39.9 Å². The number of primary amides is 1. The van der Waals surface area contributed by atoms with Crippen molar-refractivity contribution in [2.45, 2.75) is 32.7 Å². The van der Waals surface area contributed by atoms with Crippen LogP contribution in [0.25, 0.3) is 0 Å². The van der Waals surface area contributed by atoms with Crippen LogP contribution in [-0.2, 0) is 0 Å². The smallest absolute Gasteiger partial charge is 0.248 e. The van der Waals surface area contributed by atoms with Crippen molar-refractivity contribution in [1.29, 1.82) is 5.26 Å². The largest absolute Gasteiger partial charge is 0.437 e. The minimum Gasteiger partial charge on any atom is -0.437 e. The van der Waals surface area contributed by atoms with Crippen molar-refractivity contribution < 1.29 is 9.53 Å². The molecule has 1 fully saturated rings. The van der Waals surface area contributed by atoms with Gasteiger partial charge in [0.25, 0.3) is 0 Å². The first kappa shape index (κ1) is 23.4. The maximum Gasteiger partial charge on any atom is 0.248 e. The van der Waals surface area contributed by atoms with Gasteiger partial charge in [0.05, 0.1) is 22.3 Å². The van der Waals surface area contributed by atoms with Crippen LogP contribution in [0.2, 0.25) is 0 Å². The summed E-state index contributed by atoms with van der Waals surface area (Å²) < 4.78 is 6.74. The van der Waals surface area contributed by atoms with Crippen molar-refractivity contribution in [2.24, 2.45) is 5.73 Å². The zero-order valence-electron chi connectivity index (χ0n) is 18.9. The lowest BCUT2D eigenvalue weighted by atomic mass is 10.1. The molecule has 174 valence electrons. The Balaban J connectivity index is 1.42. The molecule has 3 heterocycles. The van der Waals surface area contributed by atoms with Gasteiger partial charge in [-0.05, 0) is 78.0 Å². The predicted molar refractivity (Wildman–Crippen MR) is 132 cm³/mol. The summed E-state index contributed by atoms with van der Waals surface area (Å²) in [6.45, 7) is 5.35. The van der Waals surface area contributed by atoms with Gasteiger partial charge in [0.1, 0.15) is 11.6 Å². The number of amides is 1. The van der Waals surface area contributed by atoms with Crippen LogP contribution < -0.4 is 20.7 Å². The fraction of sp³-hybridized carbons (Fsp3) is 0.292. The second-order valence-corrected chi connectivity index (χ2v) is 9.03. The molecular weight excluding hydrogens is 498 g/mol. The van der Waals surface area contributed by atoms with Gasteiger partial charge in [-0.15, -0.1) is 0 Å². The molecule has 34 heavy (non-hydrogen) atoms. The monoisotopic (exact) mass is 521 g/mol. The molecule has 0 radical (unpaired) electrons. The Morgan fingerprint density at radius 3 is 2.59 bits per heavy atom. The Morgan fingerprint density at radius 1 is 1.24 bits per heavy atom. The Labute approximate surface area is 206 Å².